The predicted molar refractivity (Wildman–Crippen MR) is 140 cm³/mol. The van der Waals surface area contributed by atoms with Crippen LogP contribution >= 0.6 is 11.6 Å². The summed E-state index contributed by atoms with van der Waals surface area (Å²) in [6, 6.07) is 15.6. The average Bonchev–Trinajstić information content (AvgIpc) is 2.88. The highest BCUT2D eigenvalue weighted by Crippen LogP contribution is 2.37. The summed E-state index contributed by atoms with van der Waals surface area (Å²) in [6.45, 7) is 0.892. The first-order valence-corrected chi connectivity index (χ1v) is 11.8. The Morgan fingerprint density at radius 1 is 1.08 bits per heavy atom. The highest BCUT2D eigenvalue weighted by Gasteiger charge is 2.25. The molecular formula is C27H27ClN2O7. The van der Waals surface area contributed by atoms with Crippen molar-refractivity contribution in [1.29, 1.82) is 0 Å². The molecule has 0 spiro atoms. The predicted octanol–water partition coefficient (Wildman–Crippen LogP) is 4.51. The molecule has 3 aromatic rings. The number of ether oxygens (including phenoxy) is 4. The van der Waals surface area contributed by atoms with Crippen molar-refractivity contribution >= 4 is 34.9 Å². The van der Waals surface area contributed by atoms with Crippen LogP contribution in [0.15, 0.2) is 54.6 Å². The van der Waals surface area contributed by atoms with Gasteiger partial charge in [-0.1, -0.05) is 23.7 Å². The number of benzene rings is 3. The van der Waals surface area contributed by atoms with Gasteiger partial charge in [-0.15, -0.1) is 0 Å². The first kappa shape index (κ1) is 26.0. The van der Waals surface area contributed by atoms with Crippen molar-refractivity contribution in [2.75, 3.05) is 44.6 Å². The van der Waals surface area contributed by atoms with E-state index in [1.165, 1.54) is 32.4 Å². The largest absolute Gasteiger partial charge is 0.496 e. The topological polar surface area (TPSA) is 107 Å². The number of carbonyl (C=O) groups excluding carboxylic acids is 1. The fourth-order valence-corrected chi connectivity index (χ4v) is 4.26. The number of para-hydroxylation sites is 2. The Kier molecular flexibility index (Phi) is 7.93. The maximum Gasteiger partial charge on any atom is 0.307 e. The number of fused-ring (bicyclic) bond motifs is 1. The molecule has 194 valence electrons. The Balaban J connectivity index is 1.50. The Labute approximate surface area is 219 Å². The van der Waals surface area contributed by atoms with E-state index in [1.54, 1.807) is 12.1 Å². The summed E-state index contributed by atoms with van der Waals surface area (Å²) in [5.41, 5.74) is 2.01. The molecule has 37 heavy (non-hydrogen) atoms. The van der Waals surface area contributed by atoms with Gasteiger partial charge < -0.3 is 34.3 Å². The lowest BCUT2D eigenvalue weighted by Gasteiger charge is -2.33. The molecule has 2 N–H and O–H groups in total. The third-order valence-corrected chi connectivity index (χ3v) is 6.22. The zero-order chi connectivity index (χ0) is 26.5. The Hall–Kier alpha value is -4.11. The number of carbonyl (C=O) groups is 2. The van der Waals surface area contributed by atoms with Gasteiger partial charge in [-0.3, -0.25) is 9.59 Å². The molecule has 1 atom stereocenters. The van der Waals surface area contributed by atoms with Crippen molar-refractivity contribution in [3.63, 3.8) is 0 Å². The van der Waals surface area contributed by atoms with Gasteiger partial charge in [-0.05, 0) is 35.9 Å². The third-order valence-electron chi connectivity index (χ3n) is 5.85. The lowest BCUT2D eigenvalue weighted by atomic mass is 10.1. The monoisotopic (exact) mass is 526 g/mol. The Morgan fingerprint density at radius 3 is 2.57 bits per heavy atom. The number of aliphatic carboxylic acids is 1. The summed E-state index contributed by atoms with van der Waals surface area (Å²) < 4.78 is 23.1. The molecule has 0 saturated carbocycles. The van der Waals surface area contributed by atoms with E-state index in [2.05, 4.69) is 10.2 Å². The number of carboxylic acid groups (broad SMARTS) is 1. The highest BCUT2D eigenvalue weighted by molar-refractivity contribution is 6.31. The van der Waals surface area contributed by atoms with Crippen LogP contribution in [0.25, 0.3) is 0 Å². The van der Waals surface area contributed by atoms with Crippen LogP contribution in [-0.4, -0.2) is 57.5 Å². The second-order valence-corrected chi connectivity index (χ2v) is 8.84. The molecule has 0 unspecified atom stereocenters. The number of amides is 1. The molecule has 0 radical (unpaired) electrons. The third kappa shape index (κ3) is 6.00. The van der Waals surface area contributed by atoms with Crippen LogP contribution in [0, 0.1) is 0 Å². The van der Waals surface area contributed by atoms with Crippen LogP contribution in [0.5, 0.6) is 23.0 Å². The van der Waals surface area contributed by atoms with Crippen molar-refractivity contribution in [1.82, 2.24) is 0 Å². The Morgan fingerprint density at radius 2 is 1.84 bits per heavy atom. The van der Waals surface area contributed by atoms with Gasteiger partial charge >= 0.3 is 5.97 Å². The second kappa shape index (κ2) is 11.3. The molecule has 4 rings (SSSR count). The molecule has 0 saturated heterocycles. The maximum atomic E-state index is 13.1. The molecule has 1 heterocycles. The number of carboxylic acids is 1. The van der Waals surface area contributed by atoms with E-state index in [0.717, 1.165) is 11.4 Å². The molecule has 0 aromatic heterocycles. The van der Waals surface area contributed by atoms with E-state index in [0.29, 0.717) is 34.3 Å². The van der Waals surface area contributed by atoms with Gasteiger partial charge in [0.05, 0.1) is 38.4 Å². The standard InChI is InChI=1S/C27H27ClN2O7/c1-30-14-18(37-22-7-5-4-6-21(22)30)15-36-25-13-23(34-2)19(12-24(25)35-3)27(33)29-17-8-9-20(28)16(10-17)11-26(31)32/h4-10,12-13,18H,11,14-15H2,1-3H3,(H,29,33)(H,31,32)/t18-/m0/s1. The number of hydrogen-bond donors (Lipinski definition) is 2. The maximum absolute atomic E-state index is 13.1. The number of halogens is 1. The summed E-state index contributed by atoms with van der Waals surface area (Å²) in [5.74, 6) is 0.311. The molecule has 9 nitrogen and oxygen atoms in total. The Bertz CT molecular complexity index is 1310. The second-order valence-electron chi connectivity index (χ2n) is 8.43. The highest BCUT2D eigenvalue weighted by atomic mass is 35.5. The molecule has 1 aliphatic heterocycles. The first-order chi connectivity index (χ1) is 17.8. The van der Waals surface area contributed by atoms with Gasteiger partial charge in [0.25, 0.3) is 5.91 Å². The van der Waals surface area contributed by atoms with E-state index >= 15 is 0 Å². The summed E-state index contributed by atoms with van der Waals surface area (Å²) in [5, 5.41) is 12.1. The molecule has 10 heteroatoms. The van der Waals surface area contributed by atoms with Gasteiger partial charge in [0.1, 0.15) is 24.2 Å². The number of nitrogens with zero attached hydrogens (tertiary/aromatic N) is 1. The molecule has 0 aliphatic carbocycles. The molecule has 0 bridgehead atoms. The van der Waals surface area contributed by atoms with Gasteiger partial charge in [0.15, 0.2) is 11.5 Å². The fraction of sp³-hybridized carbons (Fsp3) is 0.259. The first-order valence-electron chi connectivity index (χ1n) is 11.5. The number of likely N-dealkylation sites (N-methyl/N-ethyl adjacent to an activating group) is 1. The van der Waals surface area contributed by atoms with E-state index in [-0.39, 0.29) is 30.4 Å². The van der Waals surface area contributed by atoms with Gasteiger partial charge in [-0.25, -0.2) is 0 Å². The molecule has 1 aliphatic rings. The van der Waals surface area contributed by atoms with E-state index in [1.807, 2.05) is 31.3 Å². The van der Waals surface area contributed by atoms with Crippen molar-refractivity contribution in [2.45, 2.75) is 12.5 Å². The molecule has 1 amide bonds. The van der Waals surface area contributed by atoms with Crippen molar-refractivity contribution < 1.29 is 33.6 Å². The van der Waals surface area contributed by atoms with Crippen molar-refractivity contribution in [2.24, 2.45) is 0 Å². The number of nitrogens with one attached hydrogen (secondary N) is 1. The van der Waals surface area contributed by atoms with Gasteiger partial charge in [0, 0.05) is 29.9 Å². The van der Waals surface area contributed by atoms with Crippen molar-refractivity contribution in [3.8, 4) is 23.0 Å². The van der Waals surface area contributed by atoms with E-state index < -0.39 is 11.9 Å². The van der Waals surface area contributed by atoms with Crippen LogP contribution in [0.2, 0.25) is 5.02 Å². The number of hydrogen-bond acceptors (Lipinski definition) is 7. The number of methoxy groups -OCH3 is 2. The van der Waals surface area contributed by atoms with E-state index in [9.17, 15) is 9.59 Å². The van der Waals surface area contributed by atoms with Crippen LogP contribution < -0.4 is 29.2 Å². The van der Waals surface area contributed by atoms with Crippen LogP contribution in [0.3, 0.4) is 0 Å². The minimum Gasteiger partial charge on any atom is -0.496 e. The fourth-order valence-electron chi connectivity index (χ4n) is 4.07. The van der Waals surface area contributed by atoms with Crippen LogP contribution in [-0.2, 0) is 11.2 Å². The molecule has 3 aromatic carbocycles. The summed E-state index contributed by atoms with van der Waals surface area (Å²) in [6.07, 6.45) is -0.485. The smallest absolute Gasteiger partial charge is 0.307 e. The molecular weight excluding hydrogens is 500 g/mol. The quantitative estimate of drug-likeness (QED) is 0.419. The normalized spacial score (nSPS) is 14.3. The molecule has 0 fully saturated rings. The summed E-state index contributed by atoms with van der Waals surface area (Å²) in [4.78, 5) is 26.3. The van der Waals surface area contributed by atoms with E-state index in [4.69, 9.17) is 35.7 Å². The number of rotatable bonds is 9. The number of anilines is 2. The SMILES string of the molecule is COc1cc(C(=O)Nc2ccc(Cl)c(CC(=O)O)c2)c(OC)cc1OC[C@@H]1CN(C)c2ccccc2O1. The van der Waals surface area contributed by atoms with Crippen LogP contribution in [0.1, 0.15) is 15.9 Å². The zero-order valence-electron chi connectivity index (χ0n) is 20.6. The summed E-state index contributed by atoms with van der Waals surface area (Å²) in [7, 11) is 4.93. The lowest BCUT2D eigenvalue weighted by Crippen LogP contribution is -2.41. The zero-order valence-corrected chi connectivity index (χ0v) is 21.4. The minimum atomic E-state index is -1.03. The van der Waals surface area contributed by atoms with Crippen LogP contribution in [0.4, 0.5) is 11.4 Å². The minimum absolute atomic E-state index is 0.212. The summed E-state index contributed by atoms with van der Waals surface area (Å²) >= 11 is 6.08. The van der Waals surface area contributed by atoms with Crippen molar-refractivity contribution in [3.05, 3.63) is 70.7 Å². The average molecular weight is 527 g/mol. The lowest BCUT2D eigenvalue weighted by molar-refractivity contribution is -0.136. The van der Waals surface area contributed by atoms with Gasteiger partial charge in [-0.2, -0.15) is 0 Å². The van der Waals surface area contributed by atoms with Gasteiger partial charge in [0.2, 0.25) is 0 Å².